The number of alkyl halides is 3. The lowest BCUT2D eigenvalue weighted by molar-refractivity contribution is -0.137. The smallest absolute Gasteiger partial charge is 0.383 e. The Morgan fingerprint density at radius 1 is 1.13 bits per heavy atom. The zero-order valence-electron chi connectivity index (χ0n) is 18.5. The number of nitrogens with zero attached hydrogens (tertiary/aromatic N) is 4. The van der Waals surface area contributed by atoms with E-state index in [4.69, 9.17) is 4.74 Å². The van der Waals surface area contributed by atoms with Gasteiger partial charge in [0.2, 0.25) is 0 Å². The Hall–Kier alpha value is -2.00. The van der Waals surface area contributed by atoms with Crippen molar-refractivity contribution in [3.8, 4) is 0 Å². The first kappa shape index (κ1) is 23.7. The highest BCUT2D eigenvalue weighted by molar-refractivity contribution is 5.80. The van der Waals surface area contributed by atoms with E-state index in [1.807, 2.05) is 4.90 Å². The van der Waals surface area contributed by atoms with E-state index in [9.17, 15) is 13.2 Å². The molecule has 2 fully saturated rings. The predicted octanol–water partition coefficient (Wildman–Crippen LogP) is 2.76. The molecule has 0 aliphatic carbocycles. The SMILES string of the molecule is CN=C(NCC1CCN(CCOC)CC1)N1CCN(c2cccc(C(F)(F)F)c2)CC1. The van der Waals surface area contributed by atoms with Gasteiger partial charge in [-0.1, -0.05) is 6.07 Å². The number of guanidine groups is 1. The molecule has 0 aromatic heterocycles. The summed E-state index contributed by atoms with van der Waals surface area (Å²) in [6.45, 7) is 7.67. The van der Waals surface area contributed by atoms with Gasteiger partial charge in [-0.2, -0.15) is 13.2 Å². The lowest BCUT2D eigenvalue weighted by Gasteiger charge is -2.38. The summed E-state index contributed by atoms with van der Waals surface area (Å²) in [4.78, 5) is 11.1. The Labute approximate surface area is 183 Å². The number of methoxy groups -OCH3 is 1. The van der Waals surface area contributed by atoms with Crippen molar-refractivity contribution in [1.82, 2.24) is 15.1 Å². The number of benzene rings is 1. The average molecular weight is 442 g/mol. The summed E-state index contributed by atoms with van der Waals surface area (Å²) < 4.78 is 44.2. The Morgan fingerprint density at radius 2 is 1.84 bits per heavy atom. The molecule has 0 bridgehead atoms. The van der Waals surface area contributed by atoms with Gasteiger partial charge in [-0.3, -0.25) is 4.99 Å². The summed E-state index contributed by atoms with van der Waals surface area (Å²) in [5.74, 6) is 1.51. The van der Waals surface area contributed by atoms with Crippen LogP contribution in [0.5, 0.6) is 0 Å². The Balaban J connectivity index is 1.44. The van der Waals surface area contributed by atoms with E-state index >= 15 is 0 Å². The van der Waals surface area contributed by atoms with E-state index in [1.165, 1.54) is 12.1 Å². The van der Waals surface area contributed by atoms with Gasteiger partial charge in [0, 0.05) is 59.1 Å². The summed E-state index contributed by atoms with van der Waals surface area (Å²) >= 11 is 0. The number of ether oxygens (including phenoxy) is 1. The van der Waals surface area contributed by atoms with Crippen molar-refractivity contribution in [2.24, 2.45) is 10.9 Å². The summed E-state index contributed by atoms with van der Waals surface area (Å²) in [5.41, 5.74) is 0.0239. The maximum Gasteiger partial charge on any atom is 0.416 e. The Bertz CT molecular complexity index is 711. The number of aliphatic imine (C=N–C) groups is 1. The van der Waals surface area contributed by atoms with Crippen LogP contribution in [-0.4, -0.2) is 88.9 Å². The number of halogens is 3. The second-order valence-corrected chi connectivity index (χ2v) is 8.23. The molecule has 2 heterocycles. The lowest BCUT2D eigenvalue weighted by atomic mass is 9.97. The maximum absolute atomic E-state index is 13.0. The van der Waals surface area contributed by atoms with E-state index in [-0.39, 0.29) is 0 Å². The molecule has 0 radical (unpaired) electrons. The van der Waals surface area contributed by atoms with Gasteiger partial charge in [0.1, 0.15) is 0 Å². The number of piperidine rings is 1. The van der Waals surface area contributed by atoms with Crippen molar-refractivity contribution in [3.05, 3.63) is 29.8 Å². The third-order valence-electron chi connectivity index (χ3n) is 6.20. The molecule has 0 atom stereocenters. The number of likely N-dealkylation sites (tertiary alicyclic amines) is 1. The van der Waals surface area contributed by atoms with E-state index in [1.54, 1.807) is 20.2 Å². The number of hydrogen-bond donors (Lipinski definition) is 1. The fraction of sp³-hybridized carbons (Fsp3) is 0.682. The molecule has 3 rings (SSSR count). The second-order valence-electron chi connectivity index (χ2n) is 8.23. The van der Waals surface area contributed by atoms with Gasteiger partial charge in [-0.25, -0.2) is 0 Å². The number of rotatable bonds is 6. The first-order valence-electron chi connectivity index (χ1n) is 11.0. The summed E-state index contributed by atoms with van der Waals surface area (Å²) in [6, 6.07) is 5.58. The van der Waals surface area contributed by atoms with Gasteiger partial charge in [-0.05, 0) is 50.0 Å². The van der Waals surface area contributed by atoms with Crippen molar-refractivity contribution >= 4 is 11.6 Å². The minimum absolute atomic E-state index is 0.599. The van der Waals surface area contributed by atoms with Gasteiger partial charge in [-0.15, -0.1) is 0 Å². The minimum atomic E-state index is -4.32. The molecule has 1 N–H and O–H groups in total. The molecular formula is C22H34F3N5O. The molecule has 0 saturated carbocycles. The van der Waals surface area contributed by atoms with Crippen LogP contribution in [0.15, 0.2) is 29.3 Å². The van der Waals surface area contributed by atoms with Crippen LogP contribution in [0.25, 0.3) is 0 Å². The molecule has 9 heteroatoms. The van der Waals surface area contributed by atoms with Crippen LogP contribution >= 0.6 is 0 Å². The molecule has 174 valence electrons. The van der Waals surface area contributed by atoms with E-state index in [0.29, 0.717) is 24.7 Å². The molecule has 2 aliphatic heterocycles. The second kappa shape index (κ2) is 11.0. The molecule has 1 aromatic rings. The number of anilines is 1. The summed E-state index contributed by atoms with van der Waals surface area (Å²) in [7, 11) is 3.52. The van der Waals surface area contributed by atoms with Crippen molar-refractivity contribution in [2.75, 3.05) is 78.0 Å². The minimum Gasteiger partial charge on any atom is -0.383 e. The molecule has 2 aliphatic rings. The molecule has 0 amide bonds. The highest BCUT2D eigenvalue weighted by Gasteiger charge is 2.31. The summed E-state index contributed by atoms with van der Waals surface area (Å²) in [6.07, 6.45) is -1.99. The van der Waals surface area contributed by atoms with Crippen molar-refractivity contribution in [2.45, 2.75) is 19.0 Å². The van der Waals surface area contributed by atoms with Crippen LogP contribution in [-0.2, 0) is 10.9 Å². The zero-order valence-corrected chi connectivity index (χ0v) is 18.5. The first-order chi connectivity index (χ1) is 14.9. The van der Waals surface area contributed by atoms with Crippen LogP contribution in [0.2, 0.25) is 0 Å². The molecule has 6 nitrogen and oxygen atoms in total. The number of hydrogen-bond acceptors (Lipinski definition) is 4. The maximum atomic E-state index is 13.0. The van der Waals surface area contributed by atoms with Crippen LogP contribution in [0, 0.1) is 5.92 Å². The molecule has 0 spiro atoms. The van der Waals surface area contributed by atoms with Gasteiger partial charge in [0.05, 0.1) is 12.2 Å². The average Bonchev–Trinajstić information content (AvgIpc) is 2.79. The quantitative estimate of drug-likeness (QED) is 0.543. The van der Waals surface area contributed by atoms with Crippen molar-refractivity contribution in [1.29, 1.82) is 0 Å². The fourth-order valence-corrected chi connectivity index (χ4v) is 4.26. The topological polar surface area (TPSA) is 43.3 Å². The van der Waals surface area contributed by atoms with Crippen LogP contribution in [0.4, 0.5) is 18.9 Å². The monoisotopic (exact) mass is 441 g/mol. The summed E-state index contributed by atoms with van der Waals surface area (Å²) in [5, 5.41) is 3.52. The Kier molecular flexibility index (Phi) is 8.43. The van der Waals surface area contributed by atoms with E-state index < -0.39 is 11.7 Å². The fourth-order valence-electron chi connectivity index (χ4n) is 4.26. The first-order valence-corrected chi connectivity index (χ1v) is 11.0. The van der Waals surface area contributed by atoms with Crippen LogP contribution in [0.1, 0.15) is 18.4 Å². The number of piperazine rings is 1. The van der Waals surface area contributed by atoms with Crippen LogP contribution < -0.4 is 10.2 Å². The van der Waals surface area contributed by atoms with Gasteiger partial charge >= 0.3 is 6.18 Å². The third kappa shape index (κ3) is 6.74. The largest absolute Gasteiger partial charge is 0.416 e. The molecule has 1 aromatic carbocycles. The normalized spacial score (nSPS) is 19.7. The highest BCUT2D eigenvalue weighted by atomic mass is 19.4. The van der Waals surface area contributed by atoms with Gasteiger partial charge in [0.25, 0.3) is 0 Å². The van der Waals surface area contributed by atoms with E-state index in [2.05, 4.69) is 20.1 Å². The van der Waals surface area contributed by atoms with Crippen molar-refractivity contribution < 1.29 is 17.9 Å². The Morgan fingerprint density at radius 3 is 2.45 bits per heavy atom. The molecular weight excluding hydrogens is 407 g/mol. The van der Waals surface area contributed by atoms with E-state index in [0.717, 1.165) is 70.7 Å². The predicted molar refractivity (Wildman–Crippen MR) is 118 cm³/mol. The van der Waals surface area contributed by atoms with Gasteiger partial charge in [0.15, 0.2) is 5.96 Å². The van der Waals surface area contributed by atoms with Gasteiger partial charge < -0.3 is 24.8 Å². The third-order valence-corrected chi connectivity index (χ3v) is 6.20. The molecule has 2 saturated heterocycles. The zero-order chi connectivity index (χ0) is 22.3. The van der Waals surface area contributed by atoms with Crippen molar-refractivity contribution in [3.63, 3.8) is 0 Å². The lowest BCUT2D eigenvalue weighted by Crippen LogP contribution is -2.53. The standard InChI is InChI=1S/C22H34F3N5O/c1-26-21(27-17-18-6-8-28(9-7-18)14-15-31-2)30-12-10-29(11-13-30)20-5-3-4-19(16-20)22(23,24)25/h3-5,16,18H,6-15,17H2,1-2H3,(H,26,27). The number of nitrogens with one attached hydrogen (secondary N) is 1. The highest BCUT2D eigenvalue weighted by Crippen LogP contribution is 2.31. The van der Waals surface area contributed by atoms with Crippen LogP contribution in [0.3, 0.4) is 0 Å². The molecule has 31 heavy (non-hydrogen) atoms. The molecule has 0 unspecified atom stereocenters.